The predicted molar refractivity (Wildman–Crippen MR) is 99.3 cm³/mol. The quantitative estimate of drug-likeness (QED) is 0.594. The molecule has 25 heavy (non-hydrogen) atoms. The Labute approximate surface area is 158 Å². The van der Waals surface area contributed by atoms with Gasteiger partial charge in [-0.2, -0.15) is 0 Å². The molecule has 7 heteroatoms. The van der Waals surface area contributed by atoms with Crippen molar-refractivity contribution in [2.75, 3.05) is 18.5 Å². The second-order valence-electron chi connectivity index (χ2n) is 5.46. The maximum absolute atomic E-state index is 13.0. The van der Waals surface area contributed by atoms with Gasteiger partial charge in [-0.05, 0) is 25.1 Å². The molecule has 1 aliphatic heterocycles. The van der Waals surface area contributed by atoms with Crippen LogP contribution < -0.4 is 14.8 Å². The van der Waals surface area contributed by atoms with Gasteiger partial charge in [-0.15, -0.1) is 0 Å². The second-order valence-corrected chi connectivity index (χ2v) is 7.24. The third-order valence-corrected chi connectivity index (χ3v) is 4.41. The van der Waals surface area contributed by atoms with E-state index in [1.807, 2.05) is 0 Å². The van der Waals surface area contributed by atoms with E-state index in [9.17, 15) is 9.59 Å². The van der Waals surface area contributed by atoms with Crippen LogP contribution in [0.3, 0.4) is 0 Å². The van der Waals surface area contributed by atoms with Crippen molar-refractivity contribution >= 4 is 44.9 Å². The molecule has 0 bridgehead atoms. The molecule has 0 unspecified atom stereocenters. The number of benzene rings is 2. The van der Waals surface area contributed by atoms with E-state index >= 15 is 0 Å². The summed E-state index contributed by atoms with van der Waals surface area (Å²) in [4.78, 5) is 24.7. The van der Waals surface area contributed by atoms with Crippen LogP contribution in [0.2, 0.25) is 5.02 Å². The third kappa shape index (κ3) is 3.80. The SMILES string of the molecule is C[C@H](Br)C(=O)Nc1cc2c(cc1C(=O)c1ccccc1Cl)OCCO2. The number of alkyl halides is 1. The predicted octanol–water partition coefficient (Wildman–Crippen LogP) is 4.06. The van der Waals surface area contributed by atoms with E-state index in [0.717, 1.165) is 0 Å². The Bertz CT molecular complexity index is 838. The van der Waals surface area contributed by atoms with E-state index in [2.05, 4.69) is 21.2 Å². The van der Waals surface area contributed by atoms with Gasteiger partial charge >= 0.3 is 0 Å². The first-order chi connectivity index (χ1) is 12.0. The van der Waals surface area contributed by atoms with E-state index in [1.165, 1.54) is 0 Å². The molecule has 0 aromatic heterocycles. The lowest BCUT2D eigenvalue weighted by Crippen LogP contribution is -2.23. The van der Waals surface area contributed by atoms with Gasteiger partial charge in [0.05, 0.1) is 21.1 Å². The zero-order valence-electron chi connectivity index (χ0n) is 13.3. The molecular formula is C18H15BrClNO4. The van der Waals surface area contributed by atoms with Crippen molar-refractivity contribution in [1.82, 2.24) is 0 Å². The maximum Gasteiger partial charge on any atom is 0.237 e. The highest BCUT2D eigenvalue weighted by atomic mass is 79.9. The largest absolute Gasteiger partial charge is 0.486 e. The lowest BCUT2D eigenvalue weighted by molar-refractivity contribution is -0.115. The van der Waals surface area contributed by atoms with Gasteiger partial charge < -0.3 is 14.8 Å². The van der Waals surface area contributed by atoms with Crippen LogP contribution in [-0.2, 0) is 4.79 Å². The minimum atomic E-state index is -0.413. The number of ether oxygens (including phenoxy) is 2. The number of carbonyl (C=O) groups excluding carboxylic acids is 2. The highest BCUT2D eigenvalue weighted by Crippen LogP contribution is 2.37. The minimum Gasteiger partial charge on any atom is -0.486 e. The Hall–Kier alpha value is -2.05. The number of amides is 1. The summed E-state index contributed by atoms with van der Waals surface area (Å²) in [5.41, 5.74) is 0.993. The molecule has 0 saturated carbocycles. The molecule has 0 saturated heterocycles. The van der Waals surface area contributed by atoms with Crippen LogP contribution in [0.4, 0.5) is 5.69 Å². The van der Waals surface area contributed by atoms with Gasteiger partial charge in [0.2, 0.25) is 5.91 Å². The van der Waals surface area contributed by atoms with E-state index in [1.54, 1.807) is 43.3 Å². The van der Waals surface area contributed by atoms with Crippen LogP contribution in [0.1, 0.15) is 22.8 Å². The number of anilines is 1. The molecule has 130 valence electrons. The molecule has 0 radical (unpaired) electrons. The summed E-state index contributed by atoms with van der Waals surface area (Å²) in [5.74, 6) is 0.371. The number of ketones is 1. The number of halogens is 2. The van der Waals surface area contributed by atoms with Crippen LogP contribution in [0.15, 0.2) is 36.4 Å². The third-order valence-electron chi connectivity index (χ3n) is 3.66. The normalized spacial score (nSPS) is 13.9. The molecular weight excluding hydrogens is 410 g/mol. The van der Waals surface area contributed by atoms with Gasteiger partial charge in [-0.25, -0.2) is 0 Å². The molecule has 1 heterocycles. The molecule has 0 aliphatic carbocycles. The Morgan fingerprint density at radius 1 is 1.12 bits per heavy atom. The fourth-order valence-electron chi connectivity index (χ4n) is 2.40. The Morgan fingerprint density at radius 3 is 2.40 bits per heavy atom. The van der Waals surface area contributed by atoms with Crippen molar-refractivity contribution in [2.45, 2.75) is 11.8 Å². The average Bonchev–Trinajstić information content (AvgIpc) is 2.61. The van der Waals surface area contributed by atoms with Crippen LogP contribution in [0, 0.1) is 0 Å². The fourth-order valence-corrected chi connectivity index (χ4v) is 2.74. The summed E-state index contributed by atoms with van der Waals surface area (Å²) >= 11 is 9.37. The van der Waals surface area contributed by atoms with Crippen LogP contribution in [0.5, 0.6) is 11.5 Å². The summed E-state index contributed by atoms with van der Waals surface area (Å²) in [5, 5.41) is 3.09. The number of rotatable bonds is 4. The van der Waals surface area contributed by atoms with Crippen molar-refractivity contribution < 1.29 is 19.1 Å². The Kier molecular flexibility index (Phi) is 5.30. The van der Waals surface area contributed by atoms with Crippen molar-refractivity contribution in [3.05, 3.63) is 52.5 Å². The summed E-state index contributed by atoms with van der Waals surface area (Å²) in [6.45, 7) is 2.51. The highest BCUT2D eigenvalue weighted by Gasteiger charge is 2.23. The van der Waals surface area contributed by atoms with Crippen molar-refractivity contribution in [3.8, 4) is 11.5 Å². The molecule has 1 aliphatic rings. The van der Waals surface area contributed by atoms with Crippen LogP contribution in [0.25, 0.3) is 0 Å². The average molecular weight is 425 g/mol. The molecule has 5 nitrogen and oxygen atoms in total. The van der Waals surface area contributed by atoms with Gasteiger partial charge in [-0.3, -0.25) is 9.59 Å². The molecule has 3 rings (SSSR count). The number of nitrogens with one attached hydrogen (secondary N) is 1. The Balaban J connectivity index is 2.08. The lowest BCUT2D eigenvalue weighted by atomic mass is 10.0. The lowest BCUT2D eigenvalue weighted by Gasteiger charge is -2.21. The number of hydrogen-bond acceptors (Lipinski definition) is 4. The summed E-state index contributed by atoms with van der Waals surface area (Å²) in [7, 11) is 0. The van der Waals surface area contributed by atoms with Gasteiger partial charge in [0.1, 0.15) is 13.2 Å². The number of carbonyl (C=O) groups is 2. The van der Waals surface area contributed by atoms with Crippen LogP contribution >= 0.6 is 27.5 Å². The van der Waals surface area contributed by atoms with Gasteiger partial charge in [0.25, 0.3) is 0 Å². The summed E-state index contributed by atoms with van der Waals surface area (Å²) in [6.07, 6.45) is 0. The van der Waals surface area contributed by atoms with E-state index in [0.29, 0.717) is 46.5 Å². The van der Waals surface area contributed by atoms with Crippen molar-refractivity contribution in [1.29, 1.82) is 0 Å². The summed E-state index contributed by atoms with van der Waals surface area (Å²) < 4.78 is 11.1. The molecule has 1 atom stereocenters. The van der Waals surface area contributed by atoms with E-state index in [4.69, 9.17) is 21.1 Å². The standard InChI is InChI=1S/C18H15BrClNO4/c1-10(19)18(23)21-14-9-16-15(24-6-7-25-16)8-12(14)17(22)11-4-2-3-5-13(11)20/h2-5,8-10H,6-7H2,1H3,(H,21,23)/t10-/m0/s1. The molecule has 0 spiro atoms. The van der Waals surface area contributed by atoms with Gasteiger partial charge in [-0.1, -0.05) is 39.7 Å². The minimum absolute atomic E-state index is 0.273. The van der Waals surface area contributed by atoms with Gasteiger partial charge in [0, 0.05) is 11.6 Å². The van der Waals surface area contributed by atoms with Crippen LogP contribution in [-0.4, -0.2) is 29.7 Å². The maximum atomic E-state index is 13.0. The molecule has 1 N–H and O–H groups in total. The van der Waals surface area contributed by atoms with Gasteiger partial charge in [0.15, 0.2) is 17.3 Å². The number of hydrogen-bond donors (Lipinski definition) is 1. The van der Waals surface area contributed by atoms with E-state index < -0.39 is 4.83 Å². The first-order valence-electron chi connectivity index (χ1n) is 7.65. The molecule has 0 fully saturated rings. The zero-order chi connectivity index (χ0) is 18.0. The van der Waals surface area contributed by atoms with Crippen molar-refractivity contribution in [3.63, 3.8) is 0 Å². The monoisotopic (exact) mass is 423 g/mol. The smallest absolute Gasteiger partial charge is 0.237 e. The highest BCUT2D eigenvalue weighted by molar-refractivity contribution is 9.10. The van der Waals surface area contributed by atoms with Crippen molar-refractivity contribution in [2.24, 2.45) is 0 Å². The first-order valence-corrected chi connectivity index (χ1v) is 8.94. The zero-order valence-corrected chi connectivity index (χ0v) is 15.7. The molecule has 1 amide bonds. The topological polar surface area (TPSA) is 64.6 Å². The van der Waals surface area contributed by atoms with E-state index in [-0.39, 0.29) is 11.7 Å². The molecule has 2 aromatic carbocycles. The number of fused-ring (bicyclic) bond motifs is 1. The molecule has 2 aromatic rings. The second kappa shape index (κ2) is 7.45. The Morgan fingerprint density at radius 2 is 1.76 bits per heavy atom. The summed E-state index contributed by atoms with van der Waals surface area (Å²) in [6, 6.07) is 9.94. The fraction of sp³-hybridized carbons (Fsp3) is 0.222. The first kappa shape index (κ1) is 17.8.